The van der Waals surface area contributed by atoms with E-state index in [1.54, 1.807) is 36.3 Å². The molecule has 0 N–H and O–H groups in total. The van der Waals surface area contributed by atoms with Crippen molar-refractivity contribution in [3.05, 3.63) is 70.8 Å². The average molecular weight is 432 g/mol. The lowest BCUT2D eigenvalue weighted by Gasteiger charge is -2.53. The molecule has 164 valence electrons. The fraction of sp³-hybridized carbons (Fsp3) is 0.333. The van der Waals surface area contributed by atoms with Crippen LogP contribution in [0.2, 0.25) is 0 Å². The maximum atomic E-state index is 13.3. The second-order valence-electron chi connectivity index (χ2n) is 7.79. The van der Waals surface area contributed by atoms with E-state index in [0.29, 0.717) is 0 Å². The van der Waals surface area contributed by atoms with E-state index in [4.69, 9.17) is 9.47 Å². The molecule has 0 unspecified atom stereocenters. The predicted octanol–water partition coefficient (Wildman–Crippen LogP) is 2.65. The van der Waals surface area contributed by atoms with Gasteiger partial charge in [-0.3, -0.25) is 10.0 Å². The maximum absolute atomic E-state index is 13.3. The molecule has 3 aliphatic rings. The Kier molecular flexibility index (Phi) is 5.13. The van der Waals surface area contributed by atoms with Crippen molar-refractivity contribution in [1.82, 2.24) is 10.0 Å². The van der Waals surface area contributed by atoms with Crippen LogP contribution in [0, 0.1) is 0 Å². The summed E-state index contributed by atoms with van der Waals surface area (Å²) in [5, 5.41) is 12.7. The number of nitrogens with zero attached hydrogens (tertiary/aromatic N) is 4. The van der Waals surface area contributed by atoms with Crippen molar-refractivity contribution in [2.24, 2.45) is 10.2 Å². The van der Waals surface area contributed by atoms with Crippen LogP contribution in [0.3, 0.4) is 0 Å². The van der Waals surface area contributed by atoms with Gasteiger partial charge in [-0.2, -0.15) is 10.2 Å². The van der Waals surface area contributed by atoms with Crippen LogP contribution in [0.25, 0.3) is 0 Å². The molecule has 2 aromatic carbocycles. The minimum absolute atomic E-state index is 0.243. The fourth-order valence-corrected chi connectivity index (χ4v) is 4.82. The first-order chi connectivity index (χ1) is 15.7. The van der Waals surface area contributed by atoms with E-state index >= 15 is 0 Å². The molecule has 5 rings (SSSR count). The van der Waals surface area contributed by atoms with Crippen LogP contribution in [0.5, 0.6) is 0 Å². The van der Waals surface area contributed by atoms with Crippen molar-refractivity contribution in [3.63, 3.8) is 0 Å². The molecule has 0 saturated carbocycles. The fourth-order valence-electron chi connectivity index (χ4n) is 4.82. The van der Waals surface area contributed by atoms with Crippen LogP contribution >= 0.6 is 0 Å². The van der Waals surface area contributed by atoms with Gasteiger partial charge in [0.05, 0.1) is 25.6 Å². The second kappa shape index (κ2) is 8.11. The summed E-state index contributed by atoms with van der Waals surface area (Å²) in [5.41, 5.74) is 3.57. The van der Waals surface area contributed by atoms with Crippen LogP contribution in [0.15, 0.2) is 58.7 Å². The molecular weight excluding hydrogens is 408 g/mol. The standard InChI is InChI=1S/C24H24N4O4/c1-3-31-23(29)21-19-17-11-7-5-9-15(17)14-26-28(19)22(24(30)32-4-2)20-18-12-8-6-10-16(18)13-25-27(20)21/h5-14,19-22H,3-4H2,1-2H3/t19-,20-,21-,22+/m1/s1. The Hall–Kier alpha value is -3.68. The van der Waals surface area contributed by atoms with Gasteiger partial charge in [-0.1, -0.05) is 48.5 Å². The Labute approximate surface area is 186 Å². The lowest BCUT2D eigenvalue weighted by atomic mass is 9.83. The quantitative estimate of drug-likeness (QED) is 0.691. The van der Waals surface area contributed by atoms with Gasteiger partial charge in [0.25, 0.3) is 0 Å². The van der Waals surface area contributed by atoms with Crippen LogP contribution in [0.4, 0.5) is 0 Å². The summed E-state index contributed by atoms with van der Waals surface area (Å²) in [6.07, 6.45) is 3.46. The van der Waals surface area contributed by atoms with E-state index in [0.717, 1.165) is 22.3 Å². The van der Waals surface area contributed by atoms with Crippen molar-refractivity contribution in [3.8, 4) is 0 Å². The third-order valence-corrected chi connectivity index (χ3v) is 6.08. The predicted molar refractivity (Wildman–Crippen MR) is 118 cm³/mol. The van der Waals surface area contributed by atoms with Crippen molar-refractivity contribution < 1.29 is 19.1 Å². The van der Waals surface area contributed by atoms with Gasteiger partial charge < -0.3 is 9.47 Å². The van der Waals surface area contributed by atoms with E-state index in [1.165, 1.54) is 0 Å². The lowest BCUT2D eigenvalue weighted by molar-refractivity contribution is -0.175. The number of hydrogen-bond acceptors (Lipinski definition) is 8. The number of fused-ring (bicyclic) bond motifs is 6. The smallest absolute Gasteiger partial charge is 0.333 e. The number of rotatable bonds is 4. The first-order valence-electron chi connectivity index (χ1n) is 10.8. The molecule has 2 aromatic rings. The molecule has 1 fully saturated rings. The third kappa shape index (κ3) is 3.05. The van der Waals surface area contributed by atoms with Crippen LogP contribution < -0.4 is 0 Å². The van der Waals surface area contributed by atoms with Crippen LogP contribution in [-0.2, 0) is 19.1 Å². The zero-order valence-corrected chi connectivity index (χ0v) is 17.9. The summed E-state index contributed by atoms with van der Waals surface area (Å²) >= 11 is 0. The Morgan fingerprint density at radius 1 is 0.750 bits per heavy atom. The largest absolute Gasteiger partial charge is 0.464 e. The number of benzene rings is 2. The van der Waals surface area contributed by atoms with Gasteiger partial charge in [-0.15, -0.1) is 0 Å². The Bertz CT molecular complexity index is 1030. The highest BCUT2D eigenvalue weighted by molar-refractivity contribution is 5.89. The van der Waals surface area contributed by atoms with Crippen molar-refractivity contribution in [2.75, 3.05) is 13.2 Å². The minimum atomic E-state index is -0.783. The highest BCUT2D eigenvalue weighted by atomic mass is 16.5. The van der Waals surface area contributed by atoms with E-state index in [-0.39, 0.29) is 13.2 Å². The van der Waals surface area contributed by atoms with Gasteiger partial charge in [0.15, 0.2) is 12.1 Å². The first-order valence-corrected chi connectivity index (χ1v) is 10.8. The number of piperazine rings is 1. The van der Waals surface area contributed by atoms with E-state index in [2.05, 4.69) is 10.2 Å². The molecule has 0 aromatic heterocycles. The number of carbonyl (C=O) groups is 2. The van der Waals surface area contributed by atoms with Gasteiger partial charge in [-0.05, 0) is 36.1 Å². The summed E-state index contributed by atoms with van der Waals surface area (Å²) < 4.78 is 11.0. The third-order valence-electron chi connectivity index (χ3n) is 6.08. The number of carbonyl (C=O) groups excluding carboxylic acids is 2. The van der Waals surface area contributed by atoms with E-state index in [1.807, 2.05) is 48.5 Å². The average Bonchev–Trinajstić information content (AvgIpc) is 2.82. The molecule has 3 aliphatic heterocycles. The van der Waals surface area contributed by atoms with Crippen molar-refractivity contribution in [1.29, 1.82) is 0 Å². The summed E-state index contributed by atoms with van der Waals surface area (Å²) in [5.74, 6) is -0.809. The van der Waals surface area contributed by atoms with E-state index < -0.39 is 36.1 Å². The zero-order valence-electron chi connectivity index (χ0n) is 17.9. The molecular formula is C24H24N4O4. The summed E-state index contributed by atoms with van der Waals surface area (Å²) in [4.78, 5) is 26.6. The van der Waals surface area contributed by atoms with Gasteiger partial charge in [0.2, 0.25) is 0 Å². The first kappa shape index (κ1) is 20.2. The molecule has 0 amide bonds. The Morgan fingerprint density at radius 3 is 1.56 bits per heavy atom. The molecule has 32 heavy (non-hydrogen) atoms. The van der Waals surface area contributed by atoms with Crippen LogP contribution in [0.1, 0.15) is 48.2 Å². The molecule has 8 nitrogen and oxygen atoms in total. The molecule has 0 aliphatic carbocycles. The zero-order chi connectivity index (χ0) is 22.2. The maximum Gasteiger partial charge on any atom is 0.333 e. The Morgan fingerprint density at radius 2 is 1.16 bits per heavy atom. The highest BCUT2D eigenvalue weighted by Crippen LogP contribution is 2.48. The highest BCUT2D eigenvalue weighted by Gasteiger charge is 2.57. The number of hydrogen-bond donors (Lipinski definition) is 0. The Balaban J connectivity index is 1.72. The van der Waals surface area contributed by atoms with Gasteiger partial charge in [0, 0.05) is 0 Å². The normalized spacial score (nSPS) is 24.7. The molecule has 0 radical (unpaired) electrons. The van der Waals surface area contributed by atoms with Crippen molar-refractivity contribution in [2.45, 2.75) is 38.0 Å². The second-order valence-corrected chi connectivity index (χ2v) is 7.79. The SMILES string of the molecule is CCOC(=O)[C@@H]1[C@H]2c3ccccc3C=NN2[C@@H](C(=O)OCC)[C@H]2c3ccccc3C=NN12. The minimum Gasteiger partial charge on any atom is -0.464 e. The molecule has 3 heterocycles. The molecule has 1 saturated heterocycles. The van der Waals surface area contributed by atoms with Gasteiger partial charge in [-0.25, -0.2) is 9.59 Å². The monoisotopic (exact) mass is 432 g/mol. The van der Waals surface area contributed by atoms with Crippen molar-refractivity contribution >= 4 is 24.4 Å². The summed E-state index contributed by atoms with van der Waals surface area (Å²) in [7, 11) is 0. The summed E-state index contributed by atoms with van der Waals surface area (Å²) in [6.45, 7) is 4.04. The molecule has 0 bridgehead atoms. The molecule has 8 heteroatoms. The van der Waals surface area contributed by atoms with Crippen LogP contribution in [-0.4, -0.2) is 59.7 Å². The van der Waals surface area contributed by atoms with Gasteiger partial charge >= 0.3 is 11.9 Å². The molecule has 4 atom stereocenters. The number of hydrazone groups is 2. The van der Waals surface area contributed by atoms with E-state index in [9.17, 15) is 9.59 Å². The summed E-state index contributed by atoms with van der Waals surface area (Å²) in [6, 6.07) is 12.8. The lowest BCUT2D eigenvalue weighted by Crippen LogP contribution is -2.64. The molecule has 0 spiro atoms. The van der Waals surface area contributed by atoms with Gasteiger partial charge in [0.1, 0.15) is 12.1 Å². The topological polar surface area (TPSA) is 83.8 Å². The number of ether oxygens (including phenoxy) is 2. The number of esters is 2.